The Kier molecular flexibility index (Phi) is 5.33. The lowest BCUT2D eigenvalue weighted by atomic mass is 10.0. The second kappa shape index (κ2) is 6.78. The van der Waals surface area contributed by atoms with Gasteiger partial charge >= 0.3 is 5.97 Å². The summed E-state index contributed by atoms with van der Waals surface area (Å²) in [5, 5.41) is 4.27. The van der Waals surface area contributed by atoms with Crippen LogP contribution in [0.1, 0.15) is 24.4 Å². The fourth-order valence-corrected chi connectivity index (χ4v) is 1.52. The van der Waals surface area contributed by atoms with E-state index in [1.807, 2.05) is 0 Å². The van der Waals surface area contributed by atoms with Crippen LogP contribution in [0.3, 0.4) is 0 Å². The van der Waals surface area contributed by atoms with E-state index >= 15 is 0 Å². The molecule has 0 amide bonds. The molecule has 90 valence electrons. The maximum absolute atomic E-state index is 11.0. The van der Waals surface area contributed by atoms with Gasteiger partial charge in [-0.2, -0.15) is 0 Å². The van der Waals surface area contributed by atoms with Gasteiger partial charge < -0.3 is 4.74 Å². The zero-order valence-corrected chi connectivity index (χ0v) is 10.1. The number of esters is 1. The first kappa shape index (κ1) is 13.4. The number of hydrogen-bond acceptors (Lipinski definition) is 3. The van der Waals surface area contributed by atoms with Crippen molar-refractivity contribution >= 4 is 17.6 Å². The maximum atomic E-state index is 11.0. The van der Waals surface area contributed by atoms with E-state index in [9.17, 15) is 4.79 Å². The molecule has 0 aliphatic rings. The Morgan fingerprint density at radius 2 is 2.18 bits per heavy atom. The number of azide groups is 1. The summed E-state index contributed by atoms with van der Waals surface area (Å²) in [6.45, 7) is 0. The monoisotopic (exact) mass is 253 g/mol. The summed E-state index contributed by atoms with van der Waals surface area (Å²) in [6.07, 6.45) is 0.626. The summed E-state index contributed by atoms with van der Waals surface area (Å²) in [5.41, 5.74) is 9.32. The summed E-state index contributed by atoms with van der Waals surface area (Å²) >= 11 is 5.77. The van der Waals surface area contributed by atoms with Crippen molar-refractivity contribution < 1.29 is 9.53 Å². The molecule has 1 atom stereocenters. The highest BCUT2D eigenvalue weighted by atomic mass is 35.5. The molecule has 17 heavy (non-hydrogen) atoms. The normalized spacial score (nSPS) is 11.4. The van der Waals surface area contributed by atoms with Crippen molar-refractivity contribution in [2.75, 3.05) is 7.11 Å². The minimum absolute atomic E-state index is 0.211. The summed E-state index contributed by atoms with van der Waals surface area (Å²) in [5.74, 6) is -0.322. The quantitative estimate of drug-likeness (QED) is 0.348. The van der Waals surface area contributed by atoms with E-state index in [-0.39, 0.29) is 18.4 Å². The molecule has 0 saturated carbocycles. The van der Waals surface area contributed by atoms with Gasteiger partial charge in [0, 0.05) is 16.4 Å². The second-order valence-electron chi connectivity index (χ2n) is 3.39. The van der Waals surface area contributed by atoms with Crippen LogP contribution in [-0.4, -0.2) is 13.1 Å². The molecule has 0 radical (unpaired) electrons. The Morgan fingerprint density at radius 1 is 1.53 bits per heavy atom. The van der Waals surface area contributed by atoms with E-state index in [0.717, 1.165) is 5.56 Å². The molecule has 5 nitrogen and oxygen atoms in total. The Hall–Kier alpha value is -1.71. The van der Waals surface area contributed by atoms with Crippen LogP contribution in [0.4, 0.5) is 0 Å². The van der Waals surface area contributed by atoms with E-state index in [1.54, 1.807) is 24.3 Å². The van der Waals surface area contributed by atoms with E-state index in [4.69, 9.17) is 17.1 Å². The minimum Gasteiger partial charge on any atom is -0.469 e. The highest BCUT2D eigenvalue weighted by Crippen LogP contribution is 2.24. The first-order valence-corrected chi connectivity index (χ1v) is 5.41. The number of ether oxygens (including phenoxy) is 1. The molecular weight excluding hydrogens is 242 g/mol. The minimum atomic E-state index is -0.378. The molecule has 0 aliphatic heterocycles. The second-order valence-corrected chi connectivity index (χ2v) is 3.82. The number of halogens is 1. The molecule has 1 aromatic carbocycles. The molecule has 0 aliphatic carbocycles. The largest absolute Gasteiger partial charge is 0.469 e. The zero-order chi connectivity index (χ0) is 12.7. The first-order valence-electron chi connectivity index (χ1n) is 5.04. The van der Waals surface area contributed by atoms with Gasteiger partial charge in [0.05, 0.1) is 13.2 Å². The molecule has 6 heteroatoms. The van der Waals surface area contributed by atoms with E-state index < -0.39 is 0 Å². The number of hydrogen-bond donors (Lipinski definition) is 0. The van der Waals surface area contributed by atoms with Gasteiger partial charge in [0.2, 0.25) is 0 Å². The van der Waals surface area contributed by atoms with Crippen molar-refractivity contribution in [3.8, 4) is 0 Å². The molecule has 0 N–H and O–H groups in total. The molecule has 0 bridgehead atoms. The highest BCUT2D eigenvalue weighted by Gasteiger charge is 2.12. The fourth-order valence-electron chi connectivity index (χ4n) is 1.39. The van der Waals surface area contributed by atoms with Crippen molar-refractivity contribution in [1.29, 1.82) is 0 Å². The average molecular weight is 254 g/mol. The Labute approximate surface area is 104 Å². The predicted octanol–water partition coefficient (Wildman–Crippen LogP) is 3.64. The van der Waals surface area contributed by atoms with Crippen LogP contribution in [0.5, 0.6) is 0 Å². The molecule has 1 unspecified atom stereocenters. The Balaban J connectivity index is 2.75. The standard InChI is InChI=1S/C11H12ClN3O2/c1-17-11(16)7-6-10(14-15-13)8-2-4-9(12)5-3-8/h2-5,10H,6-7H2,1H3. The van der Waals surface area contributed by atoms with E-state index in [2.05, 4.69) is 14.8 Å². The summed E-state index contributed by atoms with van der Waals surface area (Å²) in [6, 6.07) is 6.61. The van der Waals surface area contributed by atoms with Gasteiger partial charge in [0.25, 0.3) is 0 Å². The first-order chi connectivity index (χ1) is 8.17. The maximum Gasteiger partial charge on any atom is 0.305 e. The van der Waals surface area contributed by atoms with Gasteiger partial charge in [-0.05, 0) is 29.6 Å². The zero-order valence-electron chi connectivity index (χ0n) is 9.34. The van der Waals surface area contributed by atoms with Crippen molar-refractivity contribution in [2.45, 2.75) is 18.9 Å². The van der Waals surface area contributed by atoms with Crippen LogP contribution in [0.15, 0.2) is 29.4 Å². The van der Waals surface area contributed by atoms with Crippen molar-refractivity contribution in [1.82, 2.24) is 0 Å². The van der Waals surface area contributed by atoms with Gasteiger partial charge in [-0.15, -0.1) is 0 Å². The van der Waals surface area contributed by atoms with Crippen molar-refractivity contribution in [2.24, 2.45) is 5.11 Å². The lowest BCUT2D eigenvalue weighted by molar-refractivity contribution is -0.140. The van der Waals surface area contributed by atoms with Crippen LogP contribution in [0.2, 0.25) is 5.02 Å². The molecule has 0 saturated heterocycles. The SMILES string of the molecule is COC(=O)CCC(N=[N+]=[N-])c1ccc(Cl)cc1. The fraction of sp³-hybridized carbons (Fsp3) is 0.364. The molecule has 0 spiro atoms. The van der Waals surface area contributed by atoms with Crippen molar-refractivity contribution in [3.05, 3.63) is 45.3 Å². The molecule has 1 aromatic rings. The van der Waals surface area contributed by atoms with Crippen LogP contribution in [-0.2, 0) is 9.53 Å². The van der Waals surface area contributed by atoms with Gasteiger partial charge in [-0.3, -0.25) is 4.79 Å². The Bertz CT molecular complexity index is 427. The highest BCUT2D eigenvalue weighted by molar-refractivity contribution is 6.30. The summed E-state index contributed by atoms with van der Waals surface area (Å²) in [7, 11) is 1.33. The average Bonchev–Trinajstić information content (AvgIpc) is 2.35. The third kappa shape index (κ3) is 4.34. The summed E-state index contributed by atoms with van der Waals surface area (Å²) in [4.78, 5) is 13.8. The molecule has 0 heterocycles. The van der Waals surface area contributed by atoms with Gasteiger partial charge in [-0.1, -0.05) is 28.8 Å². The van der Waals surface area contributed by atoms with Crippen molar-refractivity contribution in [3.63, 3.8) is 0 Å². The lowest BCUT2D eigenvalue weighted by Crippen LogP contribution is -2.03. The van der Waals surface area contributed by atoms with Crippen LogP contribution < -0.4 is 0 Å². The lowest BCUT2D eigenvalue weighted by Gasteiger charge is -2.10. The van der Waals surface area contributed by atoms with Gasteiger partial charge in [0.1, 0.15) is 0 Å². The third-order valence-electron chi connectivity index (χ3n) is 2.30. The number of methoxy groups -OCH3 is 1. The summed E-state index contributed by atoms with van der Waals surface area (Å²) < 4.78 is 4.54. The number of carbonyl (C=O) groups excluding carboxylic acids is 1. The Morgan fingerprint density at radius 3 is 2.71 bits per heavy atom. The van der Waals surface area contributed by atoms with Gasteiger partial charge in [-0.25, -0.2) is 0 Å². The number of benzene rings is 1. The van der Waals surface area contributed by atoms with Crippen LogP contribution in [0.25, 0.3) is 10.4 Å². The number of carbonyl (C=O) groups is 1. The van der Waals surface area contributed by atoms with E-state index in [1.165, 1.54) is 7.11 Å². The van der Waals surface area contributed by atoms with Gasteiger partial charge in [0.15, 0.2) is 0 Å². The smallest absolute Gasteiger partial charge is 0.305 e. The third-order valence-corrected chi connectivity index (χ3v) is 2.55. The number of rotatable bonds is 5. The molecule has 1 rings (SSSR count). The van der Waals surface area contributed by atoms with E-state index in [0.29, 0.717) is 11.4 Å². The molecule has 0 aromatic heterocycles. The number of nitrogens with zero attached hydrogens (tertiary/aromatic N) is 3. The molecule has 0 fully saturated rings. The topological polar surface area (TPSA) is 75.1 Å². The molecular formula is C11H12ClN3O2. The van der Waals surface area contributed by atoms with Crippen LogP contribution >= 0.6 is 11.6 Å². The van der Waals surface area contributed by atoms with Crippen LogP contribution in [0, 0.1) is 0 Å². The predicted molar refractivity (Wildman–Crippen MR) is 64.6 cm³/mol.